The molecule has 0 aromatic heterocycles. The normalized spacial score (nSPS) is 25.7. The van der Waals surface area contributed by atoms with E-state index in [1.165, 1.54) is 17.7 Å². The van der Waals surface area contributed by atoms with Crippen LogP contribution in [0.25, 0.3) is 0 Å². The molecule has 3 rings (SSSR count). The number of ether oxygens (including phenoxy) is 1. The van der Waals surface area contributed by atoms with Crippen molar-refractivity contribution < 1.29 is 13.9 Å². The summed E-state index contributed by atoms with van der Waals surface area (Å²) >= 11 is 0. The molecule has 2 saturated heterocycles. The molecule has 2 aliphatic rings. The van der Waals surface area contributed by atoms with Crippen LogP contribution in [0.1, 0.15) is 31.2 Å². The van der Waals surface area contributed by atoms with Gasteiger partial charge in [0.25, 0.3) is 5.91 Å². The SMILES string of the molecule is NC[C@H]1CC[C@@H](C(=O)N2CCC(Cc3ccc(F)cc3)CC2)O1. The topological polar surface area (TPSA) is 55.6 Å². The van der Waals surface area contributed by atoms with Gasteiger partial charge in [0.05, 0.1) is 6.10 Å². The van der Waals surface area contributed by atoms with Crippen molar-refractivity contribution >= 4 is 5.91 Å². The van der Waals surface area contributed by atoms with Crippen molar-refractivity contribution in [2.45, 2.75) is 44.3 Å². The largest absolute Gasteiger partial charge is 0.364 e. The van der Waals surface area contributed by atoms with E-state index in [1.54, 1.807) is 0 Å². The summed E-state index contributed by atoms with van der Waals surface area (Å²) in [6.07, 6.45) is 4.37. The highest BCUT2D eigenvalue weighted by atomic mass is 19.1. The van der Waals surface area contributed by atoms with Crippen LogP contribution in [0.15, 0.2) is 24.3 Å². The van der Waals surface area contributed by atoms with E-state index in [9.17, 15) is 9.18 Å². The Morgan fingerprint density at radius 1 is 1.17 bits per heavy atom. The molecular formula is C18H25FN2O2. The van der Waals surface area contributed by atoms with Gasteiger partial charge in [-0.15, -0.1) is 0 Å². The Hall–Kier alpha value is -1.46. The number of likely N-dealkylation sites (tertiary alicyclic amines) is 1. The van der Waals surface area contributed by atoms with Crippen LogP contribution in [0.5, 0.6) is 0 Å². The van der Waals surface area contributed by atoms with Crippen LogP contribution in [0.3, 0.4) is 0 Å². The van der Waals surface area contributed by atoms with Gasteiger partial charge < -0.3 is 15.4 Å². The highest BCUT2D eigenvalue weighted by Gasteiger charge is 2.34. The maximum absolute atomic E-state index is 12.9. The van der Waals surface area contributed by atoms with E-state index in [1.807, 2.05) is 17.0 Å². The van der Waals surface area contributed by atoms with Gasteiger partial charge in [0, 0.05) is 19.6 Å². The Labute approximate surface area is 136 Å². The molecule has 2 heterocycles. The first-order valence-corrected chi connectivity index (χ1v) is 8.54. The van der Waals surface area contributed by atoms with Gasteiger partial charge in [-0.1, -0.05) is 12.1 Å². The second-order valence-corrected chi connectivity index (χ2v) is 6.66. The summed E-state index contributed by atoms with van der Waals surface area (Å²) in [7, 11) is 0. The zero-order valence-corrected chi connectivity index (χ0v) is 13.4. The fourth-order valence-electron chi connectivity index (χ4n) is 3.58. The van der Waals surface area contributed by atoms with Crippen molar-refractivity contribution in [3.05, 3.63) is 35.6 Å². The average Bonchev–Trinajstić information content (AvgIpc) is 3.06. The van der Waals surface area contributed by atoms with Gasteiger partial charge in [0.1, 0.15) is 11.9 Å². The van der Waals surface area contributed by atoms with E-state index in [2.05, 4.69) is 0 Å². The average molecular weight is 320 g/mol. The van der Waals surface area contributed by atoms with Gasteiger partial charge in [-0.2, -0.15) is 0 Å². The van der Waals surface area contributed by atoms with Gasteiger partial charge in [-0.05, 0) is 55.7 Å². The first-order chi connectivity index (χ1) is 11.2. The Balaban J connectivity index is 1.46. The fraction of sp³-hybridized carbons (Fsp3) is 0.611. The molecule has 0 spiro atoms. The third-order valence-electron chi connectivity index (χ3n) is 5.01. The van der Waals surface area contributed by atoms with Crippen LogP contribution >= 0.6 is 0 Å². The number of piperidine rings is 1. The lowest BCUT2D eigenvalue weighted by molar-refractivity contribution is -0.144. The standard InChI is InChI=1S/C18H25FN2O2/c19-15-3-1-13(2-4-15)11-14-7-9-21(10-8-14)18(22)17-6-5-16(12-20)23-17/h1-4,14,16-17H,5-12,20H2/t16-,17+/m1/s1. The molecule has 0 radical (unpaired) electrons. The third-order valence-corrected chi connectivity index (χ3v) is 5.01. The van der Waals surface area contributed by atoms with Gasteiger partial charge in [0.2, 0.25) is 0 Å². The lowest BCUT2D eigenvalue weighted by Crippen LogP contribution is -2.44. The van der Waals surface area contributed by atoms with Crippen LogP contribution in [0.2, 0.25) is 0 Å². The van der Waals surface area contributed by atoms with Crippen molar-refractivity contribution in [2.24, 2.45) is 11.7 Å². The number of hydrogen-bond acceptors (Lipinski definition) is 3. The first-order valence-electron chi connectivity index (χ1n) is 8.54. The summed E-state index contributed by atoms with van der Waals surface area (Å²) in [5.74, 6) is 0.494. The number of amides is 1. The van der Waals surface area contributed by atoms with Gasteiger partial charge in [0.15, 0.2) is 0 Å². The zero-order chi connectivity index (χ0) is 16.2. The first kappa shape index (κ1) is 16.4. The molecule has 1 aromatic carbocycles. The number of halogens is 1. The summed E-state index contributed by atoms with van der Waals surface area (Å²) < 4.78 is 18.7. The van der Waals surface area contributed by atoms with Crippen LogP contribution in [-0.2, 0) is 16.0 Å². The highest BCUT2D eigenvalue weighted by Crippen LogP contribution is 2.25. The Morgan fingerprint density at radius 2 is 1.87 bits per heavy atom. The third kappa shape index (κ3) is 4.09. The smallest absolute Gasteiger partial charge is 0.251 e. The maximum atomic E-state index is 12.9. The second kappa shape index (κ2) is 7.41. The van der Waals surface area contributed by atoms with Crippen molar-refractivity contribution in [3.8, 4) is 0 Å². The molecular weight excluding hydrogens is 295 g/mol. The van der Waals surface area contributed by atoms with E-state index < -0.39 is 0 Å². The summed E-state index contributed by atoms with van der Waals surface area (Å²) in [5, 5.41) is 0. The molecule has 2 atom stereocenters. The number of carbonyl (C=O) groups is 1. The lowest BCUT2D eigenvalue weighted by Gasteiger charge is -2.33. The number of rotatable bonds is 4. The van der Waals surface area contributed by atoms with E-state index >= 15 is 0 Å². The maximum Gasteiger partial charge on any atom is 0.251 e. The van der Waals surface area contributed by atoms with Crippen LogP contribution in [0.4, 0.5) is 4.39 Å². The fourth-order valence-corrected chi connectivity index (χ4v) is 3.58. The Kier molecular flexibility index (Phi) is 5.28. The van der Waals surface area contributed by atoms with Gasteiger partial charge >= 0.3 is 0 Å². The molecule has 1 aromatic rings. The van der Waals surface area contributed by atoms with E-state index in [-0.39, 0.29) is 23.9 Å². The predicted octanol–water partition coefficient (Wildman–Crippen LogP) is 2.11. The monoisotopic (exact) mass is 320 g/mol. The minimum atomic E-state index is -0.294. The summed E-state index contributed by atoms with van der Waals surface area (Å²) in [6.45, 7) is 2.07. The molecule has 0 unspecified atom stereocenters. The number of nitrogens with zero attached hydrogens (tertiary/aromatic N) is 1. The number of nitrogens with two attached hydrogens (primary N) is 1. The van der Waals surface area contributed by atoms with Crippen LogP contribution in [-0.4, -0.2) is 42.6 Å². The lowest BCUT2D eigenvalue weighted by atomic mass is 9.90. The number of carbonyl (C=O) groups excluding carboxylic acids is 1. The van der Waals surface area contributed by atoms with E-state index in [4.69, 9.17) is 10.5 Å². The predicted molar refractivity (Wildman–Crippen MR) is 86.4 cm³/mol. The van der Waals surface area contributed by atoms with Crippen molar-refractivity contribution in [3.63, 3.8) is 0 Å². The van der Waals surface area contributed by atoms with E-state index in [0.29, 0.717) is 12.5 Å². The summed E-state index contributed by atoms with van der Waals surface area (Å²) in [5.41, 5.74) is 6.77. The minimum absolute atomic E-state index is 0.0416. The molecule has 2 N–H and O–H groups in total. The van der Waals surface area contributed by atoms with Crippen molar-refractivity contribution in [1.29, 1.82) is 0 Å². The van der Waals surface area contributed by atoms with Crippen molar-refractivity contribution in [2.75, 3.05) is 19.6 Å². The highest BCUT2D eigenvalue weighted by molar-refractivity contribution is 5.81. The molecule has 126 valence electrons. The Morgan fingerprint density at radius 3 is 2.48 bits per heavy atom. The number of benzene rings is 1. The second-order valence-electron chi connectivity index (χ2n) is 6.66. The van der Waals surface area contributed by atoms with E-state index in [0.717, 1.165) is 45.2 Å². The minimum Gasteiger partial charge on any atom is -0.364 e. The van der Waals surface area contributed by atoms with Crippen LogP contribution < -0.4 is 5.73 Å². The molecule has 2 fully saturated rings. The Bertz CT molecular complexity index is 526. The van der Waals surface area contributed by atoms with Gasteiger partial charge in [-0.3, -0.25) is 4.79 Å². The number of hydrogen-bond donors (Lipinski definition) is 1. The van der Waals surface area contributed by atoms with Gasteiger partial charge in [-0.25, -0.2) is 4.39 Å². The molecule has 0 bridgehead atoms. The molecule has 1 amide bonds. The van der Waals surface area contributed by atoms with Crippen LogP contribution in [0, 0.1) is 11.7 Å². The zero-order valence-electron chi connectivity index (χ0n) is 13.4. The molecule has 23 heavy (non-hydrogen) atoms. The van der Waals surface area contributed by atoms with Crippen molar-refractivity contribution in [1.82, 2.24) is 4.90 Å². The molecule has 4 nitrogen and oxygen atoms in total. The molecule has 0 saturated carbocycles. The molecule has 2 aliphatic heterocycles. The molecule has 5 heteroatoms. The quantitative estimate of drug-likeness (QED) is 0.924. The summed E-state index contributed by atoms with van der Waals surface area (Å²) in [4.78, 5) is 14.4. The molecule has 0 aliphatic carbocycles. The summed E-state index contributed by atoms with van der Waals surface area (Å²) in [6, 6.07) is 6.73.